The van der Waals surface area contributed by atoms with Crippen LogP contribution in [0.3, 0.4) is 0 Å². The first kappa shape index (κ1) is 19.7. The molecule has 1 fully saturated rings. The fraction of sp³-hybridized carbons (Fsp3) is 0.364. The van der Waals surface area contributed by atoms with Crippen LogP contribution in [0.25, 0.3) is 0 Å². The van der Waals surface area contributed by atoms with Gasteiger partial charge in [-0.05, 0) is 35.2 Å². The van der Waals surface area contributed by atoms with Gasteiger partial charge in [-0.1, -0.05) is 36.4 Å². The molecule has 1 saturated heterocycles. The maximum absolute atomic E-state index is 11.8. The Kier molecular flexibility index (Phi) is 6.89. The summed E-state index contributed by atoms with van der Waals surface area (Å²) in [6.45, 7) is 2.91. The first-order valence-corrected chi connectivity index (χ1v) is 9.61. The molecular formula is C22H28N4O2. The molecule has 1 aliphatic heterocycles. The minimum Gasteiger partial charge on any atom is -0.497 e. The molecule has 1 heterocycles. The first-order valence-electron chi connectivity index (χ1n) is 9.61. The summed E-state index contributed by atoms with van der Waals surface area (Å²) in [4.78, 5) is 18.0. The fourth-order valence-electron chi connectivity index (χ4n) is 3.27. The lowest BCUT2D eigenvalue weighted by molar-refractivity contribution is -0.128. The van der Waals surface area contributed by atoms with Crippen LogP contribution in [0.4, 0.5) is 0 Å². The second kappa shape index (κ2) is 9.78. The topological polar surface area (TPSA) is 66.0 Å². The third-order valence-electron chi connectivity index (χ3n) is 4.84. The smallest absolute Gasteiger partial charge is 0.222 e. The SMILES string of the molecule is CN=C(NCc1ccc(OC)cc1)NCc1cccc(CN2CCCC2=O)c1. The Labute approximate surface area is 166 Å². The third-order valence-corrected chi connectivity index (χ3v) is 4.84. The van der Waals surface area contributed by atoms with Gasteiger partial charge < -0.3 is 20.3 Å². The van der Waals surface area contributed by atoms with Gasteiger partial charge in [0.05, 0.1) is 7.11 Å². The lowest BCUT2D eigenvalue weighted by Gasteiger charge is -2.16. The molecule has 0 unspecified atom stereocenters. The molecular weight excluding hydrogens is 352 g/mol. The van der Waals surface area contributed by atoms with Gasteiger partial charge in [0.1, 0.15) is 5.75 Å². The number of methoxy groups -OCH3 is 1. The van der Waals surface area contributed by atoms with Crippen molar-refractivity contribution in [1.29, 1.82) is 0 Å². The third kappa shape index (κ3) is 5.49. The van der Waals surface area contributed by atoms with E-state index in [0.717, 1.165) is 41.4 Å². The number of carbonyl (C=O) groups is 1. The highest BCUT2D eigenvalue weighted by molar-refractivity contribution is 5.79. The van der Waals surface area contributed by atoms with Crippen molar-refractivity contribution in [2.24, 2.45) is 4.99 Å². The number of hydrogen-bond donors (Lipinski definition) is 2. The van der Waals surface area contributed by atoms with E-state index >= 15 is 0 Å². The molecule has 2 N–H and O–H groups in total. The van der Waals surface area contributed by atoms with Gasteiger partial charge in [0.15, 0.2) is 5.96 Å². The summed E-state index contributed by atoms with van der Waals surface area (Å²) < 4.78 is 5.18. The van der Waals surface area contributed by atoms with Crippen LogP contribution in [0, 0.1) is 0 Å². The number of rotatable bonds is 7. The van der Waals surface area contributed by atoms with E-state index in [1.54, 1.807) is 14.2 Å². The molecule has 6 nitrogen and oxygen atoms in total. The predicted octanol–water partition coefficient (Wildman–Crippen LogP) is 2.68. The zero-order valence-electron chi connectivity index (χ0n) is 16.6. The fourth-order valence-corrected chi connectivity index (χ4v) is 3.27. The van der Waals surface area contributed by atoms with E-state index in [1.807, 2.05) is 35.2 Å². The van der Waals surface area contributed by atoms with Crippen LogP contribution < -0.4 is 15.4 Å². The van der Waals surface area contributed by atoms with Crippen molar-refractivity contribution in [2.45, 2.75) is 32.5 Å². The van der Waals surface area contributed by atoms with Crippen molar-refractivity contribution in [3.05, 3.63) is 65.2 Å². The van der Waals surface area contributed by atoms with Crippen molar-refractivity contribution >= 4 is 11.9 Å². The Bertz CT molecular complexity index is 818. The Morgan fingerprint density at radius 3 is 2.43 bits per heavy atom. The van der Waals surface area contributed by atoms with E-state index in [2.05, 4.69) is 33.8 Å². The summed E-state index contributed by atoms with van der Waals surface area (Å²) in [6.07, 6.45) is 1.65. The summed E-state index contributed by atoms with van der Waals surface area (Å²) >= 11 is 0. The minimum absolute atomic E-state index is 0.256. The van der Waals surface area contributed by atoms with E-state index in [-0.39, 0.29) is 5.91 Å². The zero-order chi connectivity index (χ0) is 19.8. The summed E-state index contributed by atoms with van der Waals surface area (Å²) in [5.41, 5.74) is 3.48. The molecule has 1 amide bonds. The van der Waals surface area contributed by atoms with Gasteiger partial charge in [0.25, 0.3) is 0 Å². The second-order valence-corrected chi connectivity index (χ2v) is 6.87. The summed E-state index contributed by atoms with van der Waals surface area (Å²) in [5, 5.41) is 6.66. The standard InChI is InChI=1S/C22H28N4O2/c1-23-22(24-14-17-8-10-20(28-2)11-9-17)25-15-18-5-3-6-19(13-18)16-26-12-4-7-21(26)27/h3,5-6,8-11,13H,4,7,12,14-16H2,1-2H3,(H2,23,24,25). The predicted molar refractivity (Wildman–Crippen MR) is 111 cm³/mol. The van der Waals surface area contributed by atoms with Gasteiger partial charge in [-0.15, -0.1) is 0 Å². The minimum atomic E-state index is 0.256. The van der Waals surface area contributed by atoms with Crippen molar-refractivity contribution in [1.82, 2.24) is 15.5 Å². The summed E-state index contributed by atoms with van der Waals surface area (Å²) in [6, 6.07) is 16.3. The van der Waals surface area contributed by atoms with Gasteiger partial charge in [-0.25, -0.2) is 0 Å². The number of benzene rings is 2. The molecule has 0 spiro atoms. The number of carbonyl (C=O) groups excluding carboxylic acids is 1. The van der Waals surface area contributed by atoms with Gasteiger partial charge in [0.2, 0.25) is 5.91 Å². The van der Waals surface area contributed by atoms with Crippen molar-refractivity contribution < 1.29 is 9.53 Å². The summed E-state index contributed by atoms with van der Waals surface area (Å²) in [5.74, 6) is 1.85. The number of aliphatic imine (C=N–C) groups is 1. The van der Waals surface area contributed by atoms with Gasteiger partial charge in [-0.2, -0.15) is 0 Å². The maximum Gasteiger partial charge on any atom is 0.222 e. The molecule has 0 aromatic heterocycles. The summed E-state index contributed by atoms with van der Waals surface area (Å²) in [7, 11) is 3.43. The van der Waals surface area contributed by atoms with Crippen LogP contribution in [-0.2, 0) is 24.4 Å². The molecule has 148 valence electrons. The van der Waals surface area contributed by atoms with Crippen LogP contribution in [0.15, 0.2) is 53.5 Å². The highest BCUT2D eigenvalue weighted by Gasteiger charge is 2.19. The molecule has 0 atom stereocenters. The number of guanidine groups is 1. The highest BCUT2D eigenvalue weighted by Crippen LogP contribution is 2.15. The van der Waals surface area contributed by atoms with Crippen LogP contribution in [-0.4, -0.2) is 37.5 Å². The Hall–Kier alpha value is -3.02. The van der Waals surface area contributed by atoms with Gasteiger partial charge in [-0.3, -0.25) is 9.79 Å². The average molecular weight is 380 g/mol. The molecule has 2 aromatic carbocycles. The molecule has 2 aromatic rings. The number of nitrogens with zero attached hydrogens (tertiary/aromatic N) is 2. The number of nitrogens with one attached hydrogen (secondary N) is 2. The Morgan fingerprint density at radius 2 is 1.79 bits per heavy atom. The monoisotopic (exact) mass is 380 g/mol. The quantitative estimate of drug-likeness (QED) is 0.573. The molecule has 1 aliphatic rings. The molecule has 0 aliphatic carbocycles. The number of hydrogen-bond acceptors (Lipinski definition) is 3. The van der Waals surface area contributed by atoms with Crippen LogP contribution in [0.5, 0.6) is 5.75 Å². The molecule has 0 bridgehead atoms. The van der Waals surface area contributed by atoms with Gasteiger partial charge in [0, 0.05) is 39.6 Å². The zero-order valence-corrected chi connectivity index (χ0v) is 16.6. The Morgan fingerprint density at radius 1 is 1.07 bits per heavy atom. The van der Waals surface area contributed by atoms with Crippen LogP contribution in [0.1, 0.15) is 29.5 Å². The largest absolute Gasteiger partial charge is 0.497 e. The van der Waals surface area contributed by atoms with Crippen molar-refractivity contribution in [2.75, 3.05) is 20.7 Å². The highest BCUT2D eigenvalue weighted by atomic mass is 16.5. The van der Waals surface area contributed by atoms with E-state index in [9.17, 15) is 4.79 Å². The number of likely N-dealkylation sites (tertiary alicyclic amines) is 1. The van der Waals surface area contributed by atoms with Gasteiger partial charge >= 0.3 is 0 Å². The lowest BCUT2D eigenvalue weighted by Crippen LogP contribution is -2.36. The van der Waals surface area contributed by atoms with Crippen LogP contribution in [0.2, 0.25) is 0 Å². The first-order chi connectivity index (χ1) is 13.7. The average Bonchev–Trinajstić information content (AvgIpc) is 3.13. The number of amides is 1. The van der Waals surface area contributed by atoms with Crippen molar-refractivity contribution in [3.8, 4) is 5.75 Å². The Balaban J connectivity index is 1.50. The van der Waals surface area contributed by atoms with E-state index in [1.165, 1.54) is 0 Å². The maximum atomic E-state index is 11.8. The van der Waals surface area contributed by atoms with E-state index in [4.69, 9.17) is 4.74 Å². The number of ether oxygens (including phenoxy) is 1. The molecule has 0 radical (unpaired) electrons. The normalized spacial score (nSPS) is 14.3. The van der Waals surface area contributed by atoms with Crippen molar-refractivity contribution in [3.63, 3.8) is 0 Å². The van der Waals surface area contributed by atoms with Crippen LogP contribution >= 0.6 is 0 Å². The molecule has 0 saturated carbocycles. The lowest BCUT2D eigenvalue weighted by atomic mass is 10.1. The van der Waals surface area contributed by atoms with E-state index < -0.39 is 0 Å². The molecule has 28 heavy (non-hydrogen) atoms. The molecule has 3 rings (SSSR count). The van der Waals surface area contributed by atoms with E-state index in [0.29, 0.717) is 26.1 Å². The molecule has 6 heteroatoms. The second-order valence-electron chi connectivity index (χ2n) is 6.87.